The number of aromatic nitrogens is 2. The van der Waals surface area contributed by atoms with Gasteiger partial charge in [0, 0.05) is 44.0 Å². The molecule has 1 unspecified atom stereocenters. The van der Waals surface area contributed by atoms with E-state index >= 15 is 0 Å². The molecule has 1 aliphatic rings. The summed E-state index contributed by atoms with van der Waals surface area (Å²) >= 11 is 0. The molecule has 2 aromatic rings. The van der Waals surface area contributed by atoms with Crippen molar-refractivity contribution >= 4 is 5.69 Å². The molecule has 0 bridgehead atoms. The third-order valence-corrected chi connectivity index (χ3v) is 4.22. The summed E-state index contributed by atoms with van der Waals surface area (Å²) in [4.78, 5) is 12.4. The Morgan fingerprint density at radius 1 is 1.30 bits per heavy atom. The molecule has 0 aromatic carbocycles. The highest BCUT2D eigenvalue weighted by Gasteiger charge is 2.24. The Balaban J connectivity index is 1.65. The summed E-state index contributed by atoms with van der Waals surface area (Å²) in [7, 11) is 0. The van der Waals surface area contributed by atoms with Gasteiger partial charge in [-0.1, -0.05) is 0 Å². The van der Waals surface area contributed by atoms with Crippen molar-refractivity contribution in [3.63, 3.8) is 0 Å². The molecule has 5 nitrogen and oxygen atoms in total. The van der Waals surface area contributed by atoms with E-state index in [0.29, 0.717) is 23.8 Å². The number of rotatable bonds is 3. The third kappa shape index (κ3) is 3.46. The van der Waals surface area contributed by atoms with E-state index in [2.05, 4.69) is 26.7 Å². The van der Waals surface area contributed by atoms with Crippen LogP contribution in [0, 0.1) is 17.1 Å². The summed E-state index contributed by atoms with van der Waals surface area (Å²) in [5.41, 5.74) is 2.12. The standard InChI is InChI=1S/C17H18FN5/c1-13-11-23(16-3-2-15(8-19)21-9-16)7-6-22(13)12-14-4-5-20-10-17(14)18/h2-5,9-10,13H,6-7,11-12H2,1H3. The summed E-state index contributed by atoms with van der Waals surface area (Å²) < 4.78 is 13.8. The maximum Gasteiger partial charge on any atom is 0.145 e. The minimum absolute atomic E-state index is 0.251. The van der Waals surface area contributed by atoms with E-state index in [0.717, 1.165) is 25.3 Å². The Labute approximate surface area is 135 Å². The van der Waals surface area contributed by atoms with Crippen molar-refractivity contribution in [1.82, 2.24) is 14.9 Å². The van der Waals surface area contributed by atoms with E-state index in [1.54, 1.807) is 24.5 Å². The average molecular weight is 311 g/mol. The van der Waals surface area contributed by atoms with Gasteiger partial charge in [-0.3, -0.25) is 9.88 Å². The molecule has 1 saturated heterocycles. The second-order valence-electron chi connectivity index (χ2n) is 5.75. The number of nitrogens with zero attached hydrogens (tertiary/aromatic N) is 5. The molecule has 0 radical (unpaired) electrons. The van der Waals surface area contributed by atoms with Gasteiger partial charge in [0.05, 0.1) is 18.1 Å². The maximum atomic E-state index is 13.8. The molecule has 3 heterocycles. The first-order valence-electron chi connectivity index (χ1n) is 7.61. The van der Waals surface area contributed by atoms with Crippen molar-refractivity contribution in [2.45, 2.75) is 19.5 Å². The van der Waals surface area contributed by atoms with E-state index in [1.165, 1.54) is 6.20 Å². The van der Waals surface area contributed by atoms with E-state index in [1.807, 2.05) is 12.1 Å². The molecule has 0 spiro atoms. The van der Waals surface area contributed by atoms with Crippen LogP contribution in [0.25, 0.3) is 0 Å². The predicted octanol–water partition coefficient (Wildman–Crippen LogP) is 2.20. The Morgan fingerprint density at radius 3 is 2.83 bits per heavy atom. The quantitative estimate of drug-likeness (QED) is 0.870. The van der Waals surface area contributed by atoms with Gasteiger partial charge in [0.1, 0.15) is 17.6 Å². The molecule has 6 heteroatoms. The Bertz CT molecular complexity index is 710. The van der Waals surface area contributed by atoms with Crippen molar-refractivity contribution in [2.24, 2.45) is 0 Å². The molecule has 3 rings (SSSR count). The van der Waals surface area contributed by atoms with Crippen LogP contribution in [0.3, 0.4) is 0 Å². The Hall–Kier alpha value is -2.52. The smallest absolute Gasteiger partial charge is 0.145 e. The van der Waals surface area contributed by atoms with Gasteiger partial charge in [-0.05, 0) is 25.1 Å². The minimum Gasteiger partial charge on any atom is -0.367 e. The van der Waals surface area contributed by atoms with Crippen molar-refractivity contribution in [2.75, 3.05) is 24.5 Å². The normalized spacial score (nSPS) is 18.7. The summed E-state index contributed by atoms with van der Waals surface area (Å²) in [6.07, 6.45) is 4.63. The van der Waals surface area contributed by atoms with Crippen LogP contribution in [0.5, 0.6) is 0 Å². The first-order chi connectivity index (χ1) is 11.2. The largest absolute Gasteiger partial charge is 0.367 e. The zero-order valence-electron chi connectivity index (χ0n) is 13.0. The van der Waals surface area contributed by atoms with Gasteiger partial charge in [-0.2, -0.15) is 5.26 Å². The van der Waals surface area contributed by atoms with Gasteiger partial charge in [-0.25, -0.2) is 9.37 Å². The van der Waals surface area contributed by atoms with Crippen LogP contribution in [0.15, 0.2) is 36.8 Å². The van der Waals surface area contributed by atoms with E-state index in [4.69, 9.17) is 5.26 Å². The van der Waals surface area contributed by atoms with E-state index in [9.17, 15) is 4.39 Å². The zero-order valence-corrected chi connectivity index (χ0v) is 13.0. The second-order valence-corrected chi connectivity index (χ2v) is 5.75. The molecule has 0 saturated carbocycles. The molecule has 1 atom stereocenters. The second kappa shape index (κ2) is 6.71. The highest BCUT2D eigenvalue weighted by atomic mass is 19.1. The zero-order chi connectivity index (χ0) is 16.2. The topological polar surface area (TPSA) is 56.1 Å². The van der Waals surface area contributed by atoms with Gasteiger partial charge in [-0.15, -0.1) is 0 Å². The summed E-state index contributed by atoms with van der Waals surface area (Å²) in [6.45, 7) is 5.28. The SMILES string of the molecule is CC1CN(c2ccc(C#N)nc2)CCN1Cc1ccncc1F. The highest BCUT2D eigenvalue weighted by Crippen LogP contribution is 2.20. The van der Waals surface area contributed by atoms with Crippen molar-refractivity contribution in [3.8, 4) is 6.07 Å². The minimum atomic E-state index is -0.251. The van der Waals surface area contributed by atoms with Crippen LogP contribution in [-0.4, -0.2) is 40.5 Å². The van der Waals surface area contributed by atoms with Crippen LogP contribution in [-0.2, 0) is 6.54 Å². The number of pyridine rings is 2. The molecular formula is C17H18FN5. The molecule has 1 aliphatic heterocycles. The maximum absolute atomic E-state index is 13.8. The number of piperazine rings is 1. The summed E-state index contributed by atoms with van der Waals surface area (Å²) in [6, 6.07) is 7.72. The molecule has 2 aromatic heterocycles. The first-order valence-corrected chi connectivity index (χ1v) is 7.61. The molecule has 118 valence electrons. The van der Waals surface area contributed by atoms with Gasteiger partial charge in [0.2, 0.25) is 0 Å². The number of anilines is 1. The Kier molecular flexibility index (Phi) is 4.49. The highest BCUT2D eigenvalue weighted by molar-refractivity contribution is 5.46. The van der Waals surface area contributed by atoms with Crippen molar-refractivity contribution in [1.29, 1.82) is 5.26 Å². The number of hydrogen-bond donors (Lipinski definition) is 0. The first kappa shape index (κ1) is 15.4. The molecule has 0 aliphatic carbocycles. The van der Waals surface area contributed by atoms with Crippen LogP contribution in [0.2, 0.25) is 0 Å². The molecular weight excluding hydrogens is 293 g/mol. The van der Waals surface area contributed by atoms with Gasteiger partial charge in [0.25, 0.3) is 0 Å². The lowest BCUT2D eigenvalue weighted by Crippen LogP contribution is -2.51. The van der Waals surface area contributed by atoms with E-state index < -0.39 is 0 Å². The van der Waals surface area contributed by atoms with Gasteiger partial charge >= 0.3 is 0 Å². The van der Waals surface area contributed by atoms with Gasteiger partial charge < -0.3 is 4.90 Å². The van der Waals surface area contributed by atoms with Crippen LogP contribution in [0.4, 0.5) is 10.1 Å². The fourth-order valence-corrected chi connectivity index (χ4v) is 2.85. The molecule has 23 heavy (non-hydrogen) atoms. The third-order valence-electron chi connectivity index (χ3n) is 4.22. The monoisotopic (exact) mass is 311 g/mol. The van der Waals surface area contributed by atoms with Crippen molar-refractivity contribution in [3.05, 3.63) is 53.9 Å². The van der Waals surface area contributed by atoms with E-state index in [-0.39, 0.29) is 5.82 Å². The molecule has 0 amide bonds. The lowest BCUT2D eigenvalue weighted by atomic mass is 10.1. The lowest BCUT2D eigenvalue weighted by Gasteiger charge is -2.40. The number of hydrogen-bond acceptors (Lipinski definition) is 5. The number of nitriles is 1. The average Bonchev–Trinajstić information content (AvgIpc) is 2.58. The molecule has 1 fully saturated rings. The van der Waals surface area contributed by atoms with Crippen LogP contribution < -0.4 is 4.90 Å². The summed E-state index contributed by atoms with van der Waals surface area (Å²) in [5.74, 6) is -0.251. The molecule has 0 N–H and O–H groups in total. The fraction of sp³-hybridized carbons (Fsp3) is 0.353. The summed E-state index contributed by atoms with van der Waals surface area (Å²) in [5, 5.41) is 8.81. The Morgan fingerprint density at radius 2 is 2.17 bits per heavy atom. The fourth-order valence-electron chi connectivity index (χ4n) is 2.85. The van der Waals surface area contributed by atoms with Crippen LogP contribution >= 0.6 is 0 Å². The number of halogens is 1. The lowest BCUT2D eigenvalue weighted by molar-refractivity contribution is 0.179. The van der Waals surface area contributed by atoms with Gasteiger partial charge in [0.15, 0.2) is 0 Å². The van der Waals surface area contributed by atoms with Crippen molar-refractivity contribution < 1.29 is 4.39 Å². The predicted molar refractivity (Wildman–Crippen MR) is 85.2 cm³/mol. The van der Waals surface area contributed by atoms with Crippen LogP contribution in [0.1, 0.15) is 18.2 Å².